The van der Waals surface area contributed by atoms with Crippen LogP contribution >= 0.6 is 11.8 Å². The van der Waals surface area contributed by atoms with Crippen LogP contribution in [-0.4, -0.2) is 38.5 Å². The van der Waals surface area contributed by atoms with Crippen molar-refractivity contribution < 1.29 is 9.53 Å². The molecule has 1 rings (SSSR count). The van der Waals surface area contributed by atoms with Gasteiger partial charge >= 0.3 is 6.09 Å². The molecule has 0 bridgehead atoms. The van der Waals surface area contributed by atoms with Gasteiger partial charge in [-0.1, -0.05) is 51.1 Å². The van der Waals surface area contributed by atoms with Crippen molar-refractivity contribution in [1.29, 1.82) is 0 Å². The summed E-state index contributed by atoms with van der Waals surface area (Å²) in [5.41, 5.74) is 1.55. The number of aryl methyl sites for hydroxylation is 1. The van der Waals surface area contributed by atoms with Gasteiger partial charge < -0.3 is 10.1 Å². The van der Waals surface area contributed by atoms with E-state index in [1.54, 1.807) is 0 Å². The molecule has 2 atom stereocenters. The number of amides is 1. The summed E-state index contributed by atoms with van der Waals surface area (Å²) in [6, 6.07) is 10.5. The molecule has 0 aromatic heterocycles. The van der Waals surface area contributed by atoms with E-state index in [1.807, 2.05) is 38.6 Å². The first kappa shape index (κ1) is 22.1. The van der Waals surface area contributed by atoms with E-state index in [0.717, 1.165) is 18.6 Å². The Balaban J connectivity index is 2.67. The molecule has 0 saturated carbocycles. The molecule has 0 heterocycles. The Morgan fingerprint density at radius 1 is 1.20 bits per heavy atom. The van der Waals surface area contributed by atoms with Crippen LogP contribution in [0.15, 0.2) is 30.3 Å². The Morgan fingerprint density at radius 2 is 1.80 bits per heavy atom. The summed E-state index contributed by atoms with van der Waals surface area (Å²) in [4.78, 5) is 12.2. The highest BCUT2D eigenvalue weighted by molar-refractivity contribution is 8.00. The molecule has 0 fully saturated rings. The lowest BCUT2D eigenvalue weighted by Crippen LogP contribution is -2.41. The third-order valence-electron chi connectivity index (χ3n) is 4.39. The maximum Gasteiger partial charge on any atom is 0.407 e. The fraction of sp³-hybridized carbons (Fsp3) is 0.650. The van der Waals surface area contributed by atoms with Crippen LogP contribution in [0.25, 0.3) is 0 Å². The minimum atomic E-state index is -0.468. The number of hydrogen-bond acceptors (Lipinski definition) is 3. The molecule has 1 amide bonds. The highest BCUT2D eigenvalue weighted by Crippen LogP contribution is 2.35. The minimum Gasteiger partial charge on any atom is -0.444 e. The lowest BCUT2D eigenvalue weighted by Gasteiger charge is -2.31. The van der Waals surface area contributed by atoms with Gasteiger partial charge in [0, 0.05) is 26.8 Å². The molecular formula is C20H35NO2SSi. The Morgan fingerprint density at radius 3 is 2.32 bits per heavy atom. The van der Waals surface area contributed by atoms with E-state index in [2.05, 4.69) is 50.4 Å². The van der Waals surface area contributed by atoms with Crippen LogP contribution in [0.3, 0.4) is 0 Å². The van der Waals surface area contributed by atoms with Crippen molar-refractivity contribution in [1.82, 2.24) is 5.32 Å². The minimum absolute atomic E-state index is 0.111. The Labute approximate surface area is 161 Å². The Hall–Kier alpha value is -0.943. The molecule has 1 unspecified atom stereocenters. The van der Waals surface area contributed by atoms with Crippen LogP contribution in [0.4, 0.5) is 4.79 Å². The maximum atomic E-state index is 12.2. The molecule has 1 aromatic rings. The molecule has 0 aliphatic rings. The van der Waals surface area contributed by atoms with Crippen molar-refractivity contribution in [3.63, 3.8) is 0 Å². The second-order valence-corrected chi connectivity index (χ2v) is 11.8. The van der Waals surface area contributed by atoms with E-state index in [4.69, 9.17) is 4.74 Å². The highest BCUT2D eigenvalue weighted by Gasteiger charge is 2.26. The van der Waals surface area contributed by atoms with Gasteiger partial charge in [0.1, 0.15) is 5.60 Å². The summed E-state index contributed by atoms with van der Waals surface area (Å²) in [6.45, 7) is 12.6. The van der Waals surface area contributed by atoms with Crippen molar-refractivity contribution >= 4 is 28.1 Å². The lowest BCUT2D eigenvalue weighted by atomic mass is 10.1. The lowest BCUT2D eigenvalue weighted by molar-refractivity contribution is 0.0507. The van der Waals surface area contributed by atoms with Crippen LogP contribution in [-0.2, 0) is 11.2 Å². The first-order valence-electron chi connectivity index (χ1n) is 9.17. The number of nitrogens with one attached hydrogen (secondary N) is 1. The van der Waals surface area contributed by atoms with Gasteiger partial charge in [-0.15, -0.1) is 0 Å². The summed E-state index contributed by atoms with van der Waals surface area (Å²) in [5.74, 6) is 0.908. The van der Waals surface area contributed by atoms with E-state index in [0.29, 0.717) is 5.54 Å². The summed E-state index contributed by atoms with van der Waals surface area (Å²) in [6.07, 6.45) is 1.56. The second kappa shape index (κ2) is 9.67. The fourth-order valence-electron chi connectivity index (χ4n) is 2.14. The molecule has 1 N–H and O–H groups in total. The van der Waals surface area contributed by atoms with Gasteiger partial charge in [0.05, 0.1) is 0 Å². The normalized spacial score (nSPS) is 14.8. The molecule has 142 valence electrons. The predicted molar refractivity (Wildman–Crippen MR) is 114 cm³/mol. The molecule has 0 aliphatic heterocycles. The first-order valence-corrected chi connectivity index (χ1v) is 11.3. The first-order chi connectivity index (χ1) is 11.5. The molecule has 0 radical (unpaired) electrons. The van der Waals surface area contributed by atoms with Gasteiger partial charge in [-0.2, -0.15) is 11.8 Å². The zero-order valence-corrected chi connectivity index (χ0v) is 19.7. The van der Waals surface area contributed by atoms with E-state index in [-0.39, 0.29) is 16.9 Å². The Kier molecular flexibility index (Phi) is 8.55. The van der Waals surface area contributed by atoms with Crippen molar-refractivity contribution in [3.8, 4) is 0 Å². The third-order valence-corrected chi connectivity index (χ3v) is 8.04. The highest BCUT2D eigenvalue weighted by atomic mass is 32.2. The summed E-state index contributed by atoms with van der Waals surface area (Å²) < 4.78 is 5.69. The molecule has 5 heteroatoms. The van der Waals surface area contributed by atoms with E-state index >= 15 is 0 Å². The van der Waals surface area contributed by atoms with Crippen molar-refractivity contribution in [2.75, 3.05) is 5.75 Å². The summed E-state index contributed by atoms with van der Waals surface area (Å²) in [7, 11) is 1.18. The van der Waals surface area contributed by atoms with E-state index in [1.165, 1.54) is 15.8 Å². The molecular weight excluding hydrogens is 346 g/mol. The van der Waals surface area contributed by atoms with Crippen LogP contribution in [0.5, 0.6) is 0 Å². The zero-order chi connectivity index (χ0) is 19.1. The zero-order valence-electron chi connectivity index (χ0n) is 16.9. The predicted octanol–water partition coefficient (Wildman–Crippen LogP) is 4.20. The largest absolute Gasteiger partial charge is 0.444 e. The monoisotopic (exact) mass is 381 g/mol. The van der Waals surface area contributed by atoms with Gasteiger partial charge in [-0.05, 0) is 44.7 Å². The average Bonchev–Trinajstić information content (AvgIpc) is 2.49. The fourth-order valence-corrected chi connectivity index (χ4v) is 3.85. The molecule has 25 heavy (non-hydrogen) atoms. The second-order valence-electron chi connectivity index (χ2n) is 8.44. The molecule has 0 aliphatic carbocycles. The average molecular weight is 382 g/mol. The van der Waals surface area contributed by atoms with Crippen molar-refractivity contribution in [3.05, 3.63) is 35.9 Å². The molecule has 3 nitrogen and oxygen atoms in total. The SMILES string of the molecule is CC([SiH3])C(C)(C)SC[C@H](CCc1ccccc1)NC(=O)OC(C)(C)C. The number of hydrogen-bond donors (Lipinski definition) is 1. The number of carbonyl (C=O) groups excluding carboxylic acids is 1. The topological polar surface area (TPSA) is 38.3 Å². The van der Waals surface area contributed by atoms with E-state index < -0.39 is 5.60 Å². The number of rotatable bonds is 8. The standard InChI is InChI=1S/C20H35NO2SSi/c1-15(25)20(5,6)24-14-17(21-18(22)23-19(2,3)4)13-12-16-10-8-7-9-11-16/h7-11,15,17H,12-14H2,1-6,25H3,(H,21,22)/t15?,17-/m0/s1. The molecule has 0 saturated heterocycles. The molecule has 0 spiro atoms. The third kappa shape index (κ3) is 9.36. The Bertz CT molecular complexity index is 526. The van der Waals surface area contributed by atoms with Gasteiger partial charge in [0.2, 0.25) is 0 Å². The van der Waals surface area contributed by atoms with Gasteiger partial charge in [-0.25, -0.2) is 4.79 Å². The van der Waals surface area contributed by atoms with Gasteiger partial charge in [0.25, 0.3) is 0 Å². The van der Waals surface area contributed by atoms with Gasteiger partial charge in [0.15, 0.2) is 0 Å². The van der Waals surface area contributed by atoms with Crippen molar-refractivity contribution in [2.45, 2.75) is 76.3 Å². The van der Waals surface area contributed by atoms with Crippen LogP contribution in [0.2, 0.25) is 5.54 Å². The number of ether oxygens (including phenoxy) is 1. The summed E-state index contributed by atoms with van der Waals surface area (Å²) in [5, 5.41) is 3.08. The van der Waals surface area contributed by atoms with Crippen LogP contribution in [0.1, 0.15) is 53.5 Å². The number of carbonyl (C=O) groups is 1. The molecule has 1 aromatic carbocycles. The van der Waals surface area contributed by atoms with Gasteiger partial charge in [-0.3, -0.25) is 0 Å². The number of thioether (sulfide) groups is 1. The van der Waals surface area contributed by atoms with Crippen LogP contribution in [0, 0.1) is 0 Å². The number of alkyl carbamates (subject to hydrolysis) is 1. The smallest absolute Gasteiger partial charge is 0.407 e. The summed E-state index contributed by atoms with van der Waals surface area (Å²) >= 11 is 1.95. The maximum absolute atomic E-state index is 12.2. The van der Waals surface area contributed by atoms with E-state index in [9.17, 15) is 4.79 Å². The quantitative estimate of drug-likeness (QED) is 0.686. The van der Waals surface area contributed by atoms with Crippen LogP contribution < -0.4 is 5.32 Å². The number of benzene rings is 1. The van der Waals surface area contributed by atoms with Crippen molar-refractivity contribution in [2.24, 2.45) is 0 Å².